The van der Waals surface area contributed by atoms with Crippen molar-refractivity contribution in [2.24, 2.45) is 5.10 Å². The zero-order chi connectivity index (χ0) is 22.2. The number of hydrogen-bond acceptors (Lipinski definition) is 4. The number of hydrogen-bond donors (Lipinski definition) is 1. The maximum absolute atomic E-state index is 12.3. The number of aromatic nitrogens is 2. The molecule has 0 fully saturated rings. The third kappa shape index (κ3) is 5.96. The van der Waals surface area contributed by atoms with Crippen molar-refractivity contribution >= 4 is 56.9 Å². The molecule has 160 valence electrons. The first-order valence-electron chi connectivity index (χ1n) is 10.1. The molecule has 7 heteroatoms. The lowest BCUT2D eigenvalue weighted by Crippen LogP contribution is -2.20. The van der Waals surface area contributed by atoms with Crippen LogP contribution in [0.5, 0.6) is 0 Å². The highest BCUT2D eigenvalue weighted by Gasteiger charge is 2.13. The largest absolute Gasteiger partial charge is 0.314 e. The van der Waals surface area contributed by atoms with Crippen LogP contribution < -0.4 is 5.43 Å². The van der Waals surface area contributed by atoms with Crippen LogP contribution in [0.3, 0.4) is 0 Å². The number of imidazole rings is 1. The quantitative estimate of drug-likeness (QED) is 0.190. The van der Waals surface area contributed by atoms with Gasteiger partial charge in [-0.1, -0.05) is 84.6 Å². The van der Waals surface area contributed by atoms with Gasteiger partial charge >= 0.3 is 0 Å². The Balaban J connectivity index is 1.40. The predicted molar refractivity (Wildman–Crippen MR) is 136 cm³/mol. The average Bonchev–Trinajstić information content (AvgIpc) is 3.16. The molecule has 0 aliphatic carbocycles. The first kappa shape index (κ1) is 22.0. The first-order valence-corrected chi connectivity index (χ1v) is 11.8. The summed E-state index contributed by atoms with van der Waals surface area (Å²) in [6, 6.07) is 28.1. The molecule has 1 N–H and O–H groups in total. The molecule has 0 saturated heterocycles. The Morgan fingerprint density at radius 3 is 2.47 bits per heavy atom. The van der Waals surface area contributed by atoms with Crippen molar-refractivity contribution in [3.63, 3.8) is 0 Å². The number of nitrogens with zero attached hydrogens (tertiary/aromatic N) is 3. The number of halogens is 1. The van der Waals surface area contributed by atoms with Gasteiger partial charge in [-0.25, -0.2) is 10.4 Å². The molecule has 0 aliphatic rings. The van der Waals surface area contributed by atoms with Crippen molar-refractivity contribution in [2.45, 2.75) is 11.7 Å². The number of benzene rings is 3. The standard InChI is InChI=1S/C25H21BrN4OS/c26-21(15-19-9-3-1-4-10-19)16-27-29-24(31)18-32-25-28-22-13-7-8-14-23(22)30(25)17-20-11-5-2-6-12-20/h1-16H,17-18H2,(H,29,31)/b21-15-,27-16-. The van der Waals surface area contributed by atoms with E-state index in [-0.39, 0.29) is 11.7 Å². The molecule has 0 atom stereocenters. The summed E-state index contributed by atoms with van der Waals surface area (Å²) in [5.41, 5.74) is 6.77. The minimum absolute atomic E-state index is 0.190. The van der Waals surface area contributed by atoms with E-state index in [1.165, 1.54) is 17.3 Å². The van der Waals surface area contributed by atoms with E-state index in [4.69, 9.17) is 4.98 Å². The summed E-state index contributed by atoms with van der Waals surface area (Å²) in [6.07, 6.45) is 3.50. The Morgan fingerprint density at radius 2 is 1.69 bits per heavy atom. The second kappa shape index (κ2) is 10.9. The van der Waals surface area contributed by atoms with E-state index >= 15 is 0 Å². The molecule has 4 aromatic rings. The molecule has 1 heterocycles. The van der Waals surface area contributed by atoms with Gasteiger partial charge in [-0.2, -0.15) is 5.10 Å². The third-order valence-electron chi connectivity index (χ3n) is 4.62. The SMILES string of the molecule is O=C(CSc1nc2ccccc2n1Cc1ccccc1)N/N=C\C(Br)=C\c1ccccc1. The van der Waals surface area contributed by atoms with Crippen LogP contribution in [0.15, 0.2) is 99.7 Å². The molecule has 3 aromatic carbocycles. The van der Waals surface area contributed by atoms with E-state index in [0.717, 1.165) is 26.2 Å². The Hall–Kier alpha value is -3.16. The Kier molecular flexibility index (Phi) is 7.53. The second-order valence-corrected chi connectivity index (χ2v) is 8.83. The number of rotatable bonds is 8. The van der Waals surface area contributed by atoms with Gasteiger partial charge in [0.05, 0.1) is 29.5 Å². The number of amides is 1. The second-order valence-electron chi connectivity index (χ2n) is 6.98. The van der Waals surface area contributed by atoms with Gasteiger partial charge in [0.2, 0.25) is 0 Å². The summed E-state index contributed by atoms with van der Waals surface area (Å²) in [5, 5.41) is 4.84. The molecule has 4 rings (SSSR count). The van der Waals surface area contributed by atoms with Gasteiger partial charge < -0.3 is 4.57 Å². The zero-order valence-corrected chi connectivity index (χ0v) is 19.6. The molecule has 0 unspecified atom stereocenters. The molecule has 32 heavy (non-hydrogen) atoms. The summed E-state index contributed by atoms with van der Waals surface area (Å²) in [6.45, 7) is 0.695. The molecular formula is C25H21BrN4OS. The van der Waals surface area contributed by atoms with Crippen LogP contribution in [0.1, 0.15) is 11.1 Å². The number of para-hydroxylation sites is 2. The normalized spacial score (nSPS) is 11.8. The third-order valence-corrected chi connectivity index (χ3v) is 6.03. The van der Waals surface area contributed by atoms with E-state index in [2.05, 4.69) is 49.2 Å². The predicted octanol–water partition coefficient (Wildman–Crippen LogP) is 5.71. The lowest BCUT2D eigenvalue weighted by Gasteiger charge is -2.09. The Morgan fingerprint density at radius 1 is 1.00 bits per heavy atom. The van der Waals surface area contributed by atoms with E-state index in [1.807, 2.05) is 72.8 Å². The van der Waals surface area contributed by atoms with Crippen LogP contribution in [0.4, 0.5) is 0 Å². The number of allylic oxidation sites excluding steroid dienone is 1. The fourth-order valence-electron chi connectivity index (χ4n) is 3.16. The topological polar surface area (TPSA) is 59.3 Å². The fourth-order valence-corrected chi connectivity index (χ4v) is 4.33. The lowest BCUT2D eigenvalue weighted by molar-refractivity contribution is -0.118. The summed E-state index contributed by atoms with van der Waals surface area (Å²) in [7, 11) is 0. The minimum atomic E-state index is -0.190. The van der Waals surface area contributed by atoms with Crippen LogP contribution in [0, 0.1) is 0 Å². The highest BCUT2D eigenvalue weighted by Crippen LogP contribution is 2.25. The van der Waals surface area contributed by atoms with E-state index < -0.39 is 0 Å². The molecule has 0 spiro atoms. The smallest absolute Gasteiger partial charge is 0.250 e. The van der Waals surface area contributed by atoms with Crippen LogP contribution in [-0.2, 0) is 11.3 Å². The summed E-state index contributed by atoms with van der Waals surface area (Å²) in [4.78, 5) is 17.1. The van der Waals surface area contributed by atoms with Crippen molar-refractivity contribution in [3.8, 4) is 0 Å². The van der Waals surface area contributed by atoms with Gasteiger partial charge in [0.25, 0.3) is 5.91 Å². The number of thioether (sulfide) groups is 1. The highest BCUT2D eigenvalue weighted by molar-refractivity contribution is 9.12. The van der Waals surface area contributed by atoms with Crippen molar-refractivity contribution in [2.75, 3.05) is 5.75 Å². The Labute approximate surface area is 199 Å². The minimum Gasteiger partial charge on any atom is -0.314 e. The molecular weight excluding hydrogens is 484 g/mol. The fraction of sp³-hybridized carbons (Fsp3) is 0.0800. The average molecular weight is 505 g/mol. The van der Waals surface area contributed by atoms with E-state index in [1.54, 1.807) is 6.21 Å². The zero-order valence-electron chi connectivity index (χ0n) is 17.2. The molecule has 1 aromatic heterocycles. The number of fused-ring (bicyclic) bond motifs is 1. The van der Waals surface area contributed by atoms with E-state index in [0.29, 0.717) is 6.54 Å². The monoisotopic (exact) mass is 504 g/mol. The molecule has 0 radical (unpaired) electrons. The van der Waals surface area contributed by atoms with Crippen molar-refractivity contribution in [3.05, 3.63) is 101 Å². The van der Waals surface area contributed by atoms with Gasteiger partial charge in [0.1, 0.15) is 0 Å². The number of nitrogens with one attached hydrogen (secondary N) is 1. The van der Waals surface area contributed by atoms with Crippen LogP contribution in [0.25, 0.3) is 17.1 Å². The summed E-state index contributed by atoms with van der Waals surface area (Å²) >= 11 is 4.84. The van der Waals surface area contributed by atoms with Crippen molar-refractivity contribution in [1.82, 2.24) is 15.0 Å². The van der Waals surface area contributed by atoms with Gasteiger partial charge in [-0.3, -0.25) is 4.79 Å². The number of carbonyl (C=O) groups excluding carboxylic acids is 1. The van der Waals surface area contributed by atoms with Gasteiger partial charge in [-0.15, -0.1) is 0 Å². The molecule has 0 bridgehead atoms. The maximum Gasteiger partial charge on any atom is 0.250 e. The van der Waals surface area contributed by atoms with Crippen molar-refractivity contribution in [1.29, 1.82) is 0 Å². The van der Waals surface area contributed by atoms with E-state index in [9.17, 15) is 4.79 Å². The van der Waals surface area contributed by atoms with Crippen LogP contribution in [-0.4, -0.2) is 27.4 Å². The van der Waals surface area contributed by atoms with Crippen LogP contribution in [0.2, 0.25) is 0 Å². The molecule has 0 saturated carbocycles. The van der Waals surface area contributed by atoms with Gasteiger partial charge in [0, 0.05) is 4.48 Å². The molecule has 0 aliphatic heterocycles. The number of carbonyl (C=O) groups is 1. The van der Waals surface area contributed by atoms with Crippen LogP contribution >= 0.6 is 27.7 Å². The molecule has 1 amide bonds. The first-order chi connectivity index (χ1) is 15.7. The lowest BCUT2D eigenvalue weighted by atomic mass is 10.2. The van der Waals surface area contributed by atoms with Gasteiger partial charge in [0.15, 0.2) is 5.16 Å². The highest BCUT2D eigenvalue weighted by atomic mass is 79.9. The summed E-state index contributed by atoms with van der Waals surface area (Å²) in [5.74, 6) is 0.0275. The summed E-state index contributed by atoms with van der Waals surface area (Å²) < 4.78 is 2.91. The van der Waals surface area contributed by atoms with Gasteiger partial charge in [-0.05, 0) is 45.3 Å². The maximum atomic E-state index is 12.3. The van der Waals surface area contributed by atoms with Crippen molar-refractivity contribution < 1.29 is 4.79 Å². The molecule has 5 nitrogen and oxygen atoms in total. The Bertz CT molecular complexity index is 1250. The number of hydrazone groups is 1.